The molecule has 0 bridgehead atoms. The van der Waals surface area contributed by atoms with Crippen LogP contribution in [-0.4, -0.2) is 25.8 Å². The second-order valence-corrected chi connectivity index (χ2v) is 5.70. The van der Waals surface area contributed by atoms with Crippen molar-refractivity contribution in [2.75, 3.05) is 5.32 Å². The molecule has 3 aromatic heterocycles. The average Bonchev–Trinajstić information content (AvgIpc) is 3.11. The SMILES string of the molecule is C=C(/C=C\C(=C/C)C(F)(F)F)c1nc(Nc2ccncc2F)c2cccn2n1. The van der Waals surface area contributed by atoms with E-state index in [1.165, 1.54) is 29.8 Å². The number of halogens is 4. The lowest BCUT2D eigenvalue weighted by Gasteiger charge is -2.10. The number of allylic oxidation sites excluding steroid dienone is 5. The number of aromatic nitrogens is 4. The van der Waals surface area contributed by atoms with Crippen LogP contribution in [-0.2, 0) is 0 Å². The topological polar surface area (TPSA) is 55.1 Å². The monoisotopic (exact) mass is 389 g/mol. The van der Waals surface area contributed by atoms with Crippen molar-refractivity contribution in [1.82, 2.24) is 19.6 Å². The predicted molar refractivity (Wildman–Crippen MR) is 98.5 cm³/mol. The minimum atomic E-state index is -4.47. The van der Waals surface area contributed by atoms with Crippen LogP contribution in [0, 0.1) is 5.82 Å². The largest absolute Gasteiger partial charge is 0.416 e. The van der Waals surface area contributed by atoms with Gasteiger partial charge in [-0.25, -0.2) is 13.9 Å². The van der Waals surface area contributed by atoms with Crippen LogP contribution < -0.4 is 5.32 Å². The maximum atomic E-state index is 13.9. The molecular formula is C19H15F4N5. The molecule has 3 aromatic rings. The van der Waals surface area contributed by atoms with E-state index in [1.54, 1.807) is 18.3 Å². The van der Waals surface area contributed by atoms with E-state index in [2.05, 4.69) is 27.0 Å². The molecule has 0 saturated heterocycles. The van der Waals surface area contributed by atoms with Crippen molar-refractivity contribution in [3.05, 3.63) is 78.8 Å². The first-order chi connectivity index (χ1) is 13.3. The lowest BCUT2D eigenvalue weighted by atomic mass is 10.1. The molecule has 0 radical (unpaired) electrons. The Morgan fingerprint density at radius 1 is 1.25 bits per heavy atom. The van der Waals surface area contributed by atoms with Crippen LogP contribution in [0.1, 0.15) is 12.7 Å². The van der Waals surface area contributed by atoms with Crippen molar-refractivity contribution < 1.29 is 17.6 Å². The standard InChI is InChI=1S/C19H15F4N5/c1-3-13(19(21,22)23)7-6-12(2)17-26-18(16-5-4-10-28(16)27-17)25-15-8-9-24-11-14(15)20/h3-11H,2H2,1H3,(H,24,25,26,27)/b7-6-,13-3+. The molecule has 9 heteroatoms. The summed E-state index contributed by atoms with van der Waals surface area (Å²) in [5.41, 5.74) is 0.0590. The number of rotatable bonds is 5. The summed E-state index contributed by atoms with van der Waals surface area (Å²) in [6.45, 7) is 5.03. The highest BCUT2D eigenvalue weighted by molar-refractivity contribution is 5.76. The molecule has 3 rings (SSSR count). The van der Waals surface area contributed by atoms with Crippen LogP contribution in [0.4, 0.5) is 29.1 Å². The fraction of sp³-hybridized carbons (Fsp3) is 0.105. The van der Waals surface area contributed by atoms with E-state index in [4.69, 9.17) is 0 Å². The van der Waals surface area contributed by atoms with E-state index in [-0.39, 0.29) is 22.9 Å². The second kappa shape index (κ2) is 7.63. The molecule has 0 amide bonds. The minimum Gasteiger partial charge on any atom is -0.336 e. The molecule has 3 heterocycles. The molecule has 0 unspecified atom stereocenters. The van der Waals surface area contributed by atoms with Gasteiger partial charge < -0.3 is 5.32 Å². The van der Waals surface area contributed by atoms with Gasteiger partial charge in [-0.2, -0.15) is 13.2 Å². The first-order valence-corrected chi connectivity index (χ1v) is 8.12. The van der Waals surface area contributed by atoms with Crippen molar-refractivity contribution in [2.45, 2.75) is 13.1 Å². The number of fused-ring (bicyclic) bond motifs is 1. The van der Waals surface area contributed by atoms with E-state index in [0.29, 0.717) is 5.52 Å². The van der Waals surface area contributed by atoms with Crippen molar-refractivity contribution >= 4 is 22.6 Å². The molecule has 1 N–H and O–H groups in total. The molecule has 0 spiro atoms. The summed E-state index contributed by atoms with van der Waals surface area (Å²) in [5, 5.41) is 7.09. The highest BCUT2D eigenvalue weighted by Gasteiger charge is 2.30. The number of alkyl halides is 3. The molecule has 0 atom stereocenters. The van der Waals surface area contributed by atoms with Crippen LogP contribution in [0.25, 0.3) is 11.1 Å². The van der Waals surface area contributed by atoms with E-state index < -0.39 is 17.6 Å². The summed E-state index contributed by atoms with van der Waals surface area (Å²) in [4.78, 5) is 7.97. The molecule has 0 saturated carbocycles. The summed E-state index contributed by atoms with van der Waals surface area (Å²) >= 11 is 0. The number of nitrogens with zero attached hydrogens (tertiary/aromatic N) is 4. The van der Waals surface area contributed by atoms with Gasteiger partial charge in [-0.05, 0) is 31.2 Å². The summed E-state index contributed by atoms with van der Waals surface area (Å²) in [6, 6.07) is 4.86. The zero-order valence-corrected chi connectivity index (χ0v) is 14.7. The number of anilines is 2. The minimum absolute atomic E-state index is 0.0922. The Hall–Kier alpha value is -3.49. The maximum Gasteiger partial charge on any atom is 0.416 e. The number of nitrogens with one attached hydrogen (secondary N) is 1. The zero-order valence-electron chi connectivity index (χ0n) is 14.7. The van der Waals surface area contributed by atoms with Gasteiger partial charge in [-0.3, -0.25) is 4.98 Å². The van der Waals surface area contributed by atoms with Crippen LogP contribution in [0.2, 0.25) is 0 Å². The summed E-state index contributed by atoms with van der Waals surface area (Å²) in [7, 11) is 0. The zero-order chi connectivity index (χ0) is 20.3. The van der Waals surface area contributed by atoms with Gasteiger partial charge in [0.2, 0.25) is 0 Å². The van der Waals surface area contributed by atoms with E-state index >= 15 is 0 Å². The van der Waals surface area contributed by atoms with Crippen LogP contribution in [0.3, 0.4) is 0 Å². The van der Waals surface area contributed by atoms with Crippen molar-refractivity contribution in [3.63, 3.8) is 0 Å². The maximum absolute atomic E-state index is 13.9. The normalized spacial score (nSPS) is 12.7. The lowest BCUT2D eigenvalue weighted by Crippen LogP contribution is -2.09. The Bertz CT molecular complexity index is 1080. The van der Waals surface area contributed by atoms with Gasteiger partial charge in [0.1, 0.15) is 5.52 Å². The highest BCUT2D eigenvalue weighted by atomic mass is 19.4. The molecule has 0 aliphatic carbocycles. The quantitative estimate of drug-likeness (QED) is 0.488. The summed E-state index contributed by atoms with van der Waals surface area (Å²) in [6.07, 6.45) is 2.68. The van der Waals surface area contributed by atoms with Crippen LogP contribution in [0.15, 0.2) is 67.2 Å². The fourth-order valence-electron chi connectivity index (χ4n) is 2.39. The van der Waals surface area contributed by atoms with Crippen LogP contribution >= 0.6 is 0 Å². The average molecular weight is 389 g/mol. The molecule has 0 aliphatic heterocycles. The molecule has 0 aromatic carbocycles. The molecule has 144 valence electrons. The predicted octanol–water partition coefficient (Wildman–Crippen LogP) is 5.09. The second-order valence-electron chi connectivity index (χ2n) is 5.70. The van der Waals surface area contributed by atoms with E-state index in [1.807, 2.05) is 0 Å². The third-order valence-electron chi connectivity index (χ3n) is 3.81. The molecule has 5 nitrogen and oxygen atoms in total. The van der Waals surface area contributed by atoms with Gasteiger partial charge >= 0.3 is 6.18 Å². The smallest absolute Gasteiger partial charge is 0.336 e. The van der Waals surface area contributed by atoms with Crippen molar-refractivity contribution in [2.24, 2.45) is 0 Å². The fourth-order valence-corrected chi connectivity index (χ4v) is 2.39. The first-order valence-electron chi connectivity index (χ1n) is 8.12. The van der Waals surface area contributed by atoms with Gasteiger partial charge in [-0.15, -0.1) is 5.10 Å². The number of hydrogen-bond acceptors (Lipinski definition) is 4. The van der Waals surface area contributed by atoms with Crippen molar-refractivity contribution in [1.29, 1.82) is 0 Å². The third kappa shape index (κ3) is 4.08. The molecule has 0 aliphatic rings. The Labute approximate surface area is 157 Å². The lowest BCUT2D eigenvalue weighted by molar-refractivity contribution is -0.0883. The third-order valence-corrected chi connectivity index (χ3v) is 3.81. The van der Waals surface area contributed by atoms with Gasteiger partial charge in [-0.1, -0.05) is 18.7 Å². The number of pyridine rings is 1. The molecular weight excluding hydrogens is 374 g/mol. The van der Waals surface area contributed by atoms with Gasteiger partial charge in [0.25, 0.3) is 0 Å². The van der Waals surface area contributed by atoms with Gasteiger partial charge in [0, 0.05) is 18.0 Å². The summed E-state index contributed by atoms with van der Waals surface area (Å²) in [5.74, 6) is -0.208. The Kier molecular flexibility index (Phi) is 5.25. The highest BCUT2D eigenvalue weighted by Crippen LogP contribution is 2.28. The molecule has 28 heavy (non-hydrogen) atoms. The van der Waals surface area contributed by atoms with Gasteiger partial charge in [0.05, 0.1) is 17.5 Å². The Morgan fingerprint density at radius 3 is 2.71 bits per heavy atom. The van der Waals surface area contributed by atoms with Gasteiger partial charge in [0.15, 0.2) is 17.5 Å². The number of hydrogen-bond donors (Lipinski definition) is 1. The Balaban J connectivity index is 1.97. The van der Waals surface area contributed by atoms with E-state index in [0.717, 1.165) is 18.3 Å². The first kappa shape index (κ1) is 19.3. The van der Waals surface area contributed by atoms with E-state index in [9.17, 15) is 17.6 Å². The van der Waals surface area contributed by atoms with Crippen LogP contribution in [0.5, 0.6) is 0 Å². The van der Waals surface area contributed by atoms with Crippen molar-refractivity contribution in [3.8, 4) is 0 Å². The molecule has 0 fully saturated rings. The summed E-state index contributed by atoms with van der Waals surface area (Å²) < 4.78 is 53.9. The Morgan fingerprint density at radius 2 is 2.04 bits per heavy atom.